The molecule has 2 nitrogen and oxygen atoms in total. The van der Waals surface area contributed by atoms with Gasteiger partial charge in [0, 0.05) is 11.5 Å². The first-order valence-electron chi connectivity index (χ1n) is 4.14. The molecule has 0 radical (unpaired) electrons. The van der Waals surface area contributed by atoms with Gasteiger partial charge in [-0.05, 0) is 19.8 Å². The Morgan fingerprint density at radius 1 is 1.55 bits per heavy atom. The number of aromatic nitrogens is 1. The Morgan fingerprint density at radius 2 is 2.27 bits per heavy atom. The van der Waals surface area contributed by atoms with E-state index in [9.17, 15) is 0 Å². The van der Waals surface area contributed by atoms with Crippen LogP contribution in [0.4, 0.5) is 0 Å². The molecule has 1 saturated carbocycles. The summed E-state index contributed by atoms with van der Waals surface area (Å²) in [4.78, 5) is 0. The molecule has 0 unspecified atom stereocenters. The molecule has 11 heavy (non-hydrogen) atoms. The monoisotopic (exact) mass is 151 g/mol. The van der Waals surface area contributed by atoms with Gasteiger partial charge in [0.15, 0.2) is 0 Å². The fourth-order valence-electron chi connectivity index (χ4n) is 1.61. The number of hydrogen-bond acceptors (Lipinski definition) is 2. The molecule has 2 heteroatoms. The lowest BCUT2D eigenvalue weighted by Gasteiger charge is -2.36. The van der Waals surface area contributed by atoms with Crippen molar-refractivity contribution in [2.75, 3.05) is 0 Å². The Hall–Kier alpha value is -0.790. The van der Waals surface area contributed by atoms with Crippen LogP contribution in [-0.4, -0.2) is 5.16 Å². The first-order valence-corrected chi connectivity index (χ1v) is 4.14. The molecule has 1 heterocycles. The Balaban J connectivity index is 2.28. The third-order valence-corrected chi connectivity index (χ3v) is 2.70. The van der Waals surface area contributed by atoms with Gasteiger partial charge < -0.3 is 4.52 Å². The van der Waals surface area contributed by atoms with Crippen molar-refractivity contribution in [3.05, 3.63) is 17.5 Å². The molecule has 1 aliphatic rings. The van der Waals surface area contributed by atoms with Crippen LogP contribution in [0, 0.1) is 6.92 Å². The van der Waals surface area contributed by atoms with Crippen molar-refractivity contribution in [1.29, 1.82) is 0 Å². The second-order valence-corrected chi connectivity index (χ2v) is 3.74. The average molecular weight is 151 g/mol. The molecule has 0 aromatic carbocycles. The highest BCUT2D eigenvalue weighted by Crippen LogP contribution is 2.42. The van der Waals surface area contributed by atoms with Gasteiger partial charge in [0.1, 0.15) is 5.76 Å². The van der Waals surface area contributed by atoms with Crippen molar-refractivity contribution < 1.29 is 4.52 Å². The molecule has 0 bridgehead atoms. The highest BCUT2D eigenvalue weighted by molar-refractivity contribution is 5.18. The van der Waals surface area contributed by atoms with Crippen LogP contribution in [0.3, 0.4) is 0 Å². The van der Waals surface area contributed by atoms with E-state index in [1.807, 2.05) is 6.92 Å². The Morgan fingerprint density at radius 3 is 2.64 bits per heavy atom. The molecule has 0 atom stereocenters. The molecule has 0 spiro atoms. The van der Waals surface area contributed by atoms with Crippen LogP contribution in [0.2, 0.25) is 0 Å². The zero-order chi connectivity index (χ0) is 7.90. The van der Waals surface area contributed by atoms with Gasteiger partial charge in [-0.3, -0.25) is 0 Å². The second-order valence-electron chi connectivity index (χ2n) is 3.74. The van der Waals surface area contributed by atoms with Crippen molar-refractivity contribution in [3.63, 3.8) is 0 Å². The van der Waals surface area contributed by atoms with E-state index in [1.165, 1.54) is 19.3 Å². The van der Waals surface area contributed by atoms with Crippen LogP contribution < -0.4 is 0 Å². The maximum Gasteiger partial charge on any atom is 0.133 e. The fourth-order valence-corrected chi connectivity index (χ4v) is 1.61. The maximum atomic E-state index is 5.04. The van der Waals surface area contributed by atoms with Gasteiger partial charge in [-0.2, -0.15) is 0 Å². The highest BCUT2D eigenvalue weighted by Gasteiger charge is 2.36. The minimum Gasteiger partial charge on any atom is -0.361 e. The van der Waals surface area contributed by atoms with E-state index in [0.717, 1.165) is 11.5 Å². The van der Waals surface area contributed by atoms with Gasteiger partial charge >= 0.3 is 0 Å². The quantitative estimate of drug-likeness (QED) is 0.616. The Bertz CT molecular complexity index is 260. The van der Waals surface area contributed by atoms with Gasteiger partial charge in [0.05, 0.1) is 5.69 Å². The molecule has 0 N–H and O–H groups in total. The van der Waals surface area contributed by atoms with E-state index < -0.39 is 0 Å². The molecule has 1 aromatic rings. The van der Waals surface area contributed by atoms with E-state index in [1.54, 1.807) is 0 Å². The van der Waals surface area contributed by atoms with Crippen molar-refractivity contribution in [2.24, 2.45) is 0 Å². The van der Waals surface area contributed by atoms with E-state index in [-0.39, 0.29) is 0 Å². The lowest BCUT2D eigenvalue weighted by atomic mass is 9.68. The predicted octanol–water partition coefficient (Wildman–Crippen LogP) is 2.42. The summed E-state index contributed by atoms with van der Waals surface area (Å²) in [5, 5.41) is 4.03. The third-order valence-electron chi connectivity index (χ3n) is 2.70. The molecular weight excluding hydrogens is 138 g/mol. The van der Waals surface area contributed by atoms with Gasteiger partial charge in [-0.25, -0.2) is 0 Å². The van der Waals surface area contributed by atoms with Crippen LogP contribution in [-0.2, 0) is 5.41 Å². The summed E-state index contributed by atoms with van der Waals surface area (Å²) >= 11 is 0. The van der Waals surface area contributed by atoms with Gasteiger partial charge in [-0.1, -0.05) is 18.5 Å². The number of rotatable bonds is 1. The lowest BCUT2D eigenvalue weighted by Crippen LogP contribution is -2.30. The molecule has 1 aliphatic carbocycles. The normalized spacial score (nSPS) is 21.3. The lowest BCUT2D eigenvalue weighted by molar-refractivity contribution is 0.249. The van der Waals surface area contributed by atoms with E-state index in [2.05, 4.69) is 18.1 Å². The predicted molar refractivity (Wildman–Crippen MR) is 42.4 cm³/mol. The van der Waals surface area contributed by atoms with Gasteiger partial charge in [0.2, 0.25) is 0 Å². The molecular formula is C9H13NO. The smallest absolute Gasteiger partial charge is 0.133 e. The minimum atomic E-state index is 0.331. The van der Waals surface area contributed by atoms with Gasteiger partial charge in [0.25, 0.3) is 0 Å². The van der Waals surface area contributed by atoms with E-state index in [0.29, 0.717) is 5.41 Å². The summed E-state index contributed by atoms with van der Waals surface area (Å²) in [6, 6.07) is 2.05. The summed E-state index contributed by atoms with van der Waals surface area (Å²) in [5.41, 5.74) is 1.47. The third kappa shape index (κ3) is 0.971. The van der Waals surface area contributed by atoms with Gasteiger partial charge in [-0.15, -0.1) is 0 Å². The van der Waals surface area contributed by atoms with E-state index in [4.69, 9.17) is 4.52 Å². The first-order chi connectivity index (χ1) is 5.21. The molecule has 2 rings (SSSR count). The topological polar surface area (TPSA) is 26.0 Å². The van der Waals surface area contributed by atoms with Crippen molar-refractivity contribution in [3.8, 4) is 0 Å². The number of nitrogens with zero attached hydrogens (tertiary/aromatic N) is 1. The molecule has 0 amide bonds. The average Bonchev–Trinajstić information content (AvgIpc) is 2.31. The SMILES string of the molecule is Cc1cc(C2(C)CCC2)no1. The molecule has 1 fully saturated rings. The fraction of sp³-hybridized carbons (Fsp3) is 0.667. The van der Waals surface area contributed by atoms with Crippen molar-refractivity contribution >= 4 is 0 Å². The summed E-state index contributed by atoms with van der Waals surface area (Å²) in [6.07, 6.45) is 3.86. The Labute approximate surface area is 66.6 Å². The number of aryl methyl sites for hydroxylation is 1. The zero-order valence-corrected chi connectivity index (χ0v) is 7.05. The molecule has 0 aliphatic heterocycles. The largest absolute Gasteiger partial charge is 0.361 e. The maximum absolute atomic E-state index is 5.04. The second kappa shape index (κ2) is 2.10. The summed E-state index contributed by atoms with van der Waals surface area (Å²) in [6.45, 7) is 4.20. The van der Waals surface area contributed by atoms with E-state index >= 15 is 0 Å². The van der Waals surface area contributed by atoms with Crippen LogP contribution in [0.25, 0.3) is 0 Å². The van der Waals surface area contributed by atoms with Crippen LogP contribution in [0.5, 0.6) is 0 Å². The van der Waals surface area contributed by atoms with Crippen LogP contribution in [0.1, 0.15) is 37.6 Å². The Kier molecular flexibility index (Phi) is 1.31. The van der Waals surface area contributed by atoms with Crippen LogP contribution >= 0.6 is 0 Å². The minimum absolute atomic E-state index is 0.331. The van der Waals surface area contributed by atoms with Crippen molar-refractivity contribution in [2.45, 2.75) is 38.5 Å². The first kappa shape index (κ1) is 6.89. The molecule has 1 aromatic heterocycles. The zero-order valence-electron chi connectivity index (χ0n) is 7.05. The standard InChI is InChI=1S/C9H13NO/c1-7-6-8(10-11-7)9(2)4-3-5-9/h6H,3-5H2,1-2H3. The highest BCUT2D eigenvalue weighted by atomic mass is 16.5. The summed E-state index contributed by atoms with van der Waals surface area (Å²) in [7, 11) is 0. The molecule has 60 valence electrons. The molecule has 0 saturated heterocycles. The summed E-state index contributed by atoms with van der Waals surface area (Å²) < 4.78 is 5.04. The van der Waals surface area contributed by atoms with Crippen LogP contribution in [0.15, 0.2) is 10.6 Å². The van der Waals surface area contributed by atoms with Crippen molar-refractivity contribution in [1.82, 2.24) is 5.16 Å². The summed E-state index contributed by atoms with van der Waals surface area (Å²) in [5.74, 6) is 0.924. The number of hydrogen-bond donors (Lipinski definition) is 0.